The van der Waals surface area contributed by atoms with Gasteiger partial charge in [0.15, 0.2) is 5.78 Å². The predicted octanol–water partition coefficient (Wildman–Crippen LogP) is 3.95. The maximum absolute atomic E-state index is 12.7. The lowest BCUT2D eigenvalue weighted by molar-refractivity contribution is 0.104. The van der Waals surface area contributed by atoms with E-state index in [2.05, 4.69) is 6.07 Å². The summed E-state index contributed by atoms with van der Waals surface area (Å²) in [5.41, 5.74) is 9.63. The summed E-state index contributed by atoms with van der Waals surface area (Å²) in [6.45, 7) is 2.04. The van der Waals surface area contributed by atoms with E-state index < -0.39 is 0 Å². The normalized spacial score (nSPS) is 11.0. The Balaban J connectivity index is 2.15. The van der Waals surface area contributed by atoms with Gasteiger partial charge in [0.1, 0.15) is 0 Å². The third-order valence-corrected chi connectivity index (χ3v) is 3.99. The fourth-order valence-electron chi connectivity index (χ4n) is 2.52. The van der Waals surface area contributed by atoms with Gasteiger partial charge in [-0.1, -0.05) is 23.7 Å². The molecule has 0 fully saturated rings. The standard InChI is InChI=1S/C17H15ClN2O/c1-10-3-5-12-13(9-20(2)16(12)7-10)17(21)11-4-6-14(18)15(19)8-11/h3-9H,19H2,1-2H3. The molecule has 0 amide bonds. The van der Waals surface area contributed by atoms with Crippen molar-refractivity contribution in [2.45, 2.75) is 6.92 Å². The van der Waals surface area contributed by atoms with E-state index in [9.17, 15) is 4.79 Å². The van der Waals surface area contributed by atoms with E-state index in [1.54, 1.807) is 18.2 Å². The molecule has 3 nitrogen and oxygen atoms in total. The Hall–Kier alpha value is -2.26. The number of hydrogen-bond acceptors (Lipinski definition) is 2. The summed E-state index contributed by atoms with van der Waals surface area (Å²) in [6, 6.07) is 11.0. The monoisotopic (exact) mass is 298 g/mol. The van der Waals surface area contributed by atoms with E-state index >= 15 is 0 Å². The molecule has 0 saturated carbocycles. The van der Waals surface area contributed by atoms with Crippen LogP contribution in [0.3, 0.4) is 0 Å². The van der Waals surface area contributed by atoms with E-state index in [1.165, 1.54) is 5.56 Å². The van der Waals surface area contributed by atoms with Crippen LogP contribution in [0.25, 0.3) is 10.9 Å². The first kappa shape index (κ1) is 13.7. The summed E-state index contributed by atoms with van der Waals surface area (Å²) in [5, 5.41) is 1.40. The van der Waals surface area contributed by atoms with Gasteiger partial charge >= 0.3 is 0 Å². The number of aryl methyl sites for hydroxylation is 2. The molecule has 0 unspecified atom stereocenters. The number of carbonyl (C=O) groups is 1. The zero-order chi connectivity index (χ0) is 15.1. The number of benzene rings is 2. The number of halogens is 1. The number of nitrogens with two attached hydrogens (primary N) is 1. The molecule has 0 aliphatic carbocycles. The van der Waals surface area contributed by atoms with Crippen LogP contribution in [-0.2, 0) is 7.05 Å². The summed E-state index contributed by atoms with van der Waals surface area (Å²) in [4.78, 5) is 12.7. The Morgan fingerprint density at radius 1 is 1.19 bits per heavy atom. The average molecular weight is 299 g/mol. The number of aromatic nitrogens is 1. The molecule has 2 N–H and O–H groups in total. The van der Waals surface area contributed by atoms with Crippen LogP contribution in [0.2, 0.25) is 5.02 Å². The lowest BCUT2D eigenvalue weighted by Gasteiger charge is -2.03. The lowest BCUT2D eigenvalue weighted by atomic mass is 10.0. The van der Waals surface area contributed by atoms with E-state index in [-0.39, 0.29) is 5.78 Å². The summed E-state index contributed by atoms with van der Waals surface area (Å²) >= 11 is 5.91. The molecule has 0 radical (unpaired) electrons. The molecule has 21 heavy (non-hydrogen) atoms. The Bertz CT molecular complexity index is 865. The van der Waals surface area contributed by atoms with Gasteiger partial charge < -0.3 is 10.3 Å². The summed E-state index contributed by atoms with van der Waals surface area (Å²) in [7, 11) is 1.94. The average Bonchev–Trinajstić information content (AvgIpc) is 2.78. The van der Waals surface area contributed by atoms with Crippen molar-refractivity contribution in [3.05, 3.63) is 64.3 Å². The molecular formula is C17H15ClN2O. The van der Waals surface area contributed by atoms with Gasteiger partial charge in [-0.25, -0.2) is 0 Å². The second-order valence-electron chi connectivity index (χ2n) is 5.24. The van der Waals surface area contributed by atoms with E-state index in [4.69, 9.17) is 17.3 Å². The van der Waals surface area contributed by atoms with Crippen LogP contribution in [-0.4, -0.2) is 10.4 Å². The topological polar surface area (TPSA) is 48.0 Å². The number of ketones is 1. The highest BCUT2D eigenvalue weighted by atomic mass is 35.5. The number of hydrogen-bond donors (Lipinski definition) is 1. The quantitative estimate of drug-likeness (QED) is 0.575. The van der Waals surface area contributed by atoms with Gasteiger partial charge in [-0.2, -0.15) is 0 Å². The molecule has 0 aliphatic heterocycles. The van der Waals surface area contributed by atoms with Crippen molar-refractivity contribution in [1.82, 2.24) is 4.57 Å². The van der Waals surface area contributed by atoms with Crippen molar-refractivity contribution in [3.63, 3.8) is 0 Å². The fourth-order valence-corrected chi connectivity index (χ4v) is 2.63. The van der Waals surface area contributed by atoms with Crippen molar-refractivity contribution in [2.24, 2.45) is 7.05 Å². The lowest BCUT2D eigenvalue weighted by Crippen LogP contribution is -2.01. The smallest absolute Gasteiger partial charge is 0.195 e. The molecule has 0 aliphatic rings. The van der Waals surface area contributed by atoms with Gasteiger partial charge in [-0.15, -0.1) is 0 Å². The first-order chi connectivity index (χ1) is 9.97. The van der Waals surface area contributed by atoms with Gasteiger partial charge in [0, 0.05) is 35.3 Å². The van der Waals surface area contributed by atoms with Gasteiger partial charge in [-0.3, -0.25) is 4.79 Å². The van der Waals surface area contributed by atoms with Crippen molar-refractivity contribution < 1.29 is 4.79 Å². The molecule has 1 aromatic heterocycles. The Labute approximate surface area is 127 Å². The molecule has 106 valence electrons. The van der Waals surface area contributed by atoms with Crippen molar-refractivity contribution in [1.29, 1.82) is 0 Å². The third-order valence-electron chi connectivity index (χ3n) is 3.65. The molecule has 0 atom stereocenters. The second-order valence-corrected chi connectivity index (χ2v) is 5.65. The maximum Gasteiger partial charge on any atom is 0.195 e. The minimum atomic E-state index is -0.0483. The number of anilines is 1. The predicted molar refractivity (Wildman–Crippen MR) is 87.0 cm³/mol. The molecule has 3 rings (SSSR count). The van der Waals surface area contributed by atoms with Crippen LogP contribution in [0, 0.1) is 6.92 Å². The van der Waals surface area contributed by atoms with Crippen LogP contribution in [0.4, 0.5) is 5.69 Å². The van der Waals surface area contributed by atoms with Crippen molar-refractivity contribution in [2.75, 3.05) is 5.73 Å². The Kier molecular flexibility index (Phi) is 3.22. The van der Waals surface area contributed by atoms with Crippen LogP contribution in [0.1, 0.15) is 21.5 Å². The fraction of sp³-hybridized carbons (Fsp3) is 0.118. The summed E-state index contributed by atoms with van der Waals surface area (Å²) in [6.07, 6.45) is 1.86. The molecule has 0 saturated heterocycles. The molecule has 2 aromatic carbocycles. The first-order valence-corrected chi connectivity index (χ1v) is 7.00. The maximum atomic E-state index is 12.7. The van der Waals surface area contributed by atoms with E-state index in [1.807, 2.05) is 36.9 Å². The van der Waals surface area contributed by atoms with Crippen LogP contribution < -0.4 is 5.73 Å². The number of carbonyl (C=O) groups excluding carboxylic acids is 1. The molecular weight excluding hydrogens is 284 g/mol. The molecule has 1 heterocycles. The van der Waals surface area contributed by atoms with Crippen LogP contribution in [0.15, 0.2) is 42.6 Å². The van der Waals surface area contributed by atoms with Gasteiger partial charge in [0.2, 0.25) is 0 Å². The van der Waals surface area contributed by atoms with Crippen molar-refractivity contribution >= 4 is 34.0 Å². The largest absolute Gasteiger partial charge is 0.398 e. The van der Waals surface area contributed by atoms with E-state index in [0.717, 1.165) is 10.9 Å². The number of nitrogen functional groups attached to an aromatic ring is 1. The highest BCUT2D eigenvalue weighted by molar-refractivity contribution is 6.33. The van der Waals surface area contributed by atoms with Gasteiger partial charge in [0.25, 0.3) is 0 Å². The number of rotatable bonds is 2. The second kappa shape index (κ2) is 4.93. The Morgan fingerprint density at radius 2 is 1.95 bits per heavy atom. The summed E-state index contributed by atoms with van der Waals surface area (Å²) < 4.78 is 1.97. The minimum absolute atomic E-state index is 0.0483. The van der Waals surface area contributed by atoms with Gasteiger partial charge in [-0.05, 0) is 36.8 Å². The zero-order valence-corrected chi connectivity index (χ0v) is 12.6. The molecule has 4 heteroatoms. The third kappa shape index (κ3) is 2.30. The van der Waals surface area contributed by atoms with Crippen LogP contribution >= 0.6 is 11.6 Å². The first-order valence-electron chi connectivity index (χ1n) is 6.63. The van der Waals surface area contributed by atoms with Gasteiger partial charge in [0.05, 0.1) is 10.7 Å². The summed E-state index contributed by atoms with van der Waals surface area (Å²) in [5.74, 6) is -0.0483. The van der Waals surface area contributed by atoms with Crippen LogP contribution in [0.5, 0.6) is 0 Å². The number of nitrogens with zero attached hydrogens (tertiary/aromatic N) is 1. The molecule has 3 aromatic rings. The highest BCUT2D eigenvalue weighted by Crippen LogP contribution is 2.26. The SMILES string of the molecule is Cc1ccc2c(C(=O)c3ccc(Cl)c(N)c3)cn(C)c2c1. The molecule has 0 spiro atoms. The molecule has 0 bridgehead atoms. The Morgan fingerprint density at radius 3 is 2.67 bits per heavy atom. The van der Waals surface area contributed by atoms with E-state index in [0.29, 0.717) is 21.8 Å². The zero-order valence-electron chi connectivity index (χ0n) is 11.9. The number of fused-ring (bicyclic) bond motifs is 1. The van der Waals surface area contributed by atoms with Crippen molar-refractivity contribution in [3.8, 4) is 0 Å². The minimum Gasteiger partial charge on any atom is -0.398 e. The highest BCUT2D eigenvalue weighted by Gasteiger charge is 2.16.